The molecule has 2 aliphatic rings. The number of carbonyl (C=O) groups is 1. The average molecular weight is 396 g/mol. The van der Waals surface area contributed by atoms with Gasteiger partial charge >= 0.3 is 0 Å². The third kappa shape index (κ3) is 4.07. The van der Waals surface area contributed by atoms with E-state index in [-0.39, 0.29) is 11.3 Å². The Kier molecular flexibility index (Phi) is 5.69. The quantitative estimate of drug-likeness (QED) is 0.789. The molecule has 6 nitrogen and oxygen atoms in total. The van der Waals surface area contributed by atoms with Gasteiger partial charge in [0, 0.05) is 38.3 Å². The second-order valence-corrected chi connectivity index (χ2v) is 8.48. The molecule has 2 aliphatic heterocycles. The Hall–Kier alpha value is -2.63. The van der Waals surface area contributed by atoms with Crippen LogP contribution < -0.4 is 21.1 Å². The van der Waals surface area contributed by atoms with Crippen LogP contribution in [0, 0.1) is 5.92 Å². The molecule has 29 heavy (non-hydrogen) atoms. The van der Waals surface area contributed by atoms with Gasteiger partial charge in [0.25, 0.3) is 16.8 Å². The normalized spacial score (nSPS) is 20.1. The van der Waals surface area contributed by atoms with E-state index in [1.165, 1.54) is 12.8 Å². The molecular weight excluding hydrogens is 366 g/mol. The summed E-state index contributed by atoms with van der Waals surface area (Å²) in [6, 6.07) is 7.54. The lowest BCUT2D eigenvalue weighted by Crippen LogP contribution is -2.44. The number of nitrogens with one attached hydrogen (secondary N) is 1. The molecule has 1 N–H and O–H groups in total. The van der Waals surface area contributed by atoms with Crippen LogP contribution in [0.1, 0.15) is 54.9 Å². The molecule has 0 bridgehead atoms. The molecule has 0 saturated carbocycles. The van der Waals surface area contributed by atoms with E-state index in [0.717, 1.165) is 51.0 Å². The van der Waals surface area contributed by atoms with E-state index in [1.54, 1.807) is 0 Å². The minimum Gasteiger partial charge on any atom is -0.376 e. The van der Waals surface area contributed by atoms with E-state index < -0.39 is 5.43 Å². The fourth-order valence-corrected chi connectivity index (χ4v) is 4.47. The zero-order chi connectivity index (χ0) is 20.4. The van der Waals surface area contributed by atoms with Crippen LogP contribution in [-0.4, -0.2) is 37.0 Å². The van der Waals surface area contributed by atoms with Crippen LogP contribution in [0.3, 0.4) is 0 Å². The first-order valence-electron chi connectivity index (χ1n) is 10.7. The highest BCUT2D eigenvalue weighted by atomic mass is 16.2. The van der Waals surface area contributed by atoms with Crippen molar-refractivity contribution in [2.75, 3.05) is 36.4 Å². The van der Waals surface area contributed by atoms with E-state index in [9.17, 15) is 14.4 Å². The minimum absolute atomic E-state index is 0.0888. The van der Waals surface area contributed by atoms with Gasteiger partial charge in [-0.2, -0.15) is 0 Å². The van der Waals surface area contributed by atoms with Gasteiger partial charge < -0.3 is 15.1 Å². The molecule has 2 aromatic carbocycles. The summed E-state index contributed by atoms with van der Waals surface area (Å²) in [6.45, 7) is 5.98. The van der Waals surface area contributed by atoms with Crippen LogP contribution in [0.2, 0.25) is 0 Å². The summed E-state index contributed by atoms with van der Waals surface area (Å²) >= 11 is 0. The van der Waals surface area contributed by atoms with E-state index >= 15 is 0 Å². The molecule has 4 rings (SSSR count). The zero-order valence-electron chi connectivity index (χ0n) is 17.1. The molecule has 0 aromatic heterocycles. The Morgan fingerprint density at radius 3 is 2.41 bits per heavy atom. The van der Waals surface area contributed by atoms with Crippen molar-refractivity contribution in [3.8, 4) is 0 Å². The van der Waals surface area contributed by atoms with Crippen molar-refractivity contribution < 1.29 is 4.79 Å². The fraction of sp³-hybridized carbons (Fsp3) is 0.522. The molecule has 2 saturated heterocycles. The first kappa shape index (κ1) is 19.7. The Bertz CT molecular complexity index is 937. The third-order valence-corrected chi connectivity index (χ3v) is 6.17. The SMILES string of the molecule is C[C@@H]1CCCN(C(=O)c2ccc(CNc3c(N4CCCCC4)c(=O)c3=O)cc2)C1. The monoisotopic (exact) mass is 395 g/mol. The molecule has 0 aliphatic carbocycles. The van der Waals surface area contributed by atoms with Crippen LogP contribution in [-0.2, 0) is 6.54 Å². The Morgan fingerprint density at radius 2 is 1.72 bits per heavy atom. The van der Waals surface area contributed by atoms with Gasteiger partial charge in [-0.1, -0.05) is 19.1 Å². The third-order valence-electron chi connectivity index (χ3n) is 6.17. The van der Waals surface area contributed by atoms with Gasteiger partial charge in [0.1, 0.15) is 11.4 Å². The number of anilines is 2. The summed E-state index contributed by atoms with van der Waals surface area (Å²) in [5.74, 6) is 0.646. The van der Waals surface area contributed by atoms with Crippen molar-refractivity contribution in [2.45, 2.75) is 45.6 Å². The summed E-state index contributed by atoms with van der Waals surface area (Å²) in [5.41, 5.74) is 1.89. The fourth-order valence-electron chi connectivity index (χ4n) is 4.47. The molecule has 2 fully saturated rings. The maximum atomic E-state index is 12.7. The molecule has 0 radical (unpaired) electrons. The number of nitrogens with zero attached hydrogens (tertiary/aromatic N) is 2. The Labute approximate surface area is 171 Å². The molecule has 0 spiro atoms. The first-order chi connectivity index (χ1) is 14.0. The molecule has 1 atom stereocenters. The molecule has 6 heteroatoms. The van der Waals surface area contributed by atoms with Gasteiger partial charge in [0.15, 0.2) is 0 Å². The minimum atomic E-state index is -0.420. The predicted molar refractivity (Wildman–Crippen MR) is 115 cm³/mol. The number of amides is 1. The second kappa shape index (κ2) is 8.39. The lowest BCUT2D eigenvalue weighted by molar-refractivity contribution is 0.0683. The van der Waals surface area contributed by atoms with Gasteiger partial charge in [-0.15, -0.1) is 0 Å². The summed E-state index contributed by atoms with van der Waals surface area (Å²) in [5, 5.41) is 3.15. The molecule has 2 heterocycles. The van der Waals surface area contributed by atoms with E-state index in [2.05, 4.69) is 12.2 Å². The molecule has 1 amide bonds. The summed E-state index contributed by atoms with van der Waals surface area (Å²) < 4.78 is 0. The summed E-state index contributed by atoms with van der Waals surface area (Å²) in [4.78, 5) is 40.7. The smallest absolute Gasteiger partial charge is 0.253 e. The van der Waals surface area contributed by atoms with E-state index in [4.69, 9.17) is 0 Å². The Balaban J connectivity index is 1.39. The van der Waals surface area contributed by atoms with Crippen molar-refractivity contribution in [1.29, 1.82) is 0 Å². The van der Waals surface area contributed by atoms with Crippen molar-refractivity contribution >= 4 is 17.3 Å². The van der Waals surface area contributed by atoms with E-state index in [0.29, 0.717) is 29.4 Å². The maximum Gasteiger partial charge on any atom is 0.253 e. The lowest BCUT2D eigenvalue weighted by Gasteiger charge is -2.31. The van der Waals surface area contributed by atoms with Crippen molar-refractivity contribution in [3.63, 3.8) is 0 Å². The van der Waals surface area contributed by atoms with Gasteiger partial charge in [-0.3, -0.25) is 14.4 Å². The largest absolute Gasteiger partial charge is 0.376 e. The van der Waals surface area contributed by atoms with E-state index in [1.807, 2.05) is 34.1 Å². The van der Waals surface area contributed by atoms with Crippen LogP contribution in [0.25, 0.3) is 0 Å². The highest BCUT2D eigenvalue weighted by Gasteiger charge is 2.27. The summed E-state index contributed by atoms with van der Waals surface area (Å²) in [7, 11) is 0. The lowest BCUT2D eigenvalue weighted by atomic mass is 9.99. The Morgan fingerprint density at radius 1 is 1.00 bits per heavy atom. The number of hydrogen-bond acceptors (Lipinski definition) is 5. The van der Waals surface area contributed by atoms with Gasteiger partial charge in [0.2, 0.25) is 0 Å². The predicted octanol–water partition coefficient (Wildman–Crippen LogP) is 2.76. The van der Waals surface area contributed by atoms with Crippen LogP contribution in [0.15, 0.2) is 33.9 Å². The highest BCUT2D eigenvalue weighted by Crippen LogP contribution is 2.24. The van der Waals surface area contributed by atoms with Crippen molar-refractivity contribution in [3.05, 3.63) is 55.8 Å². The zero-order valence-corrected chi connectivity index (χ0v) is 17.1. The summed E-state index contributed by atoms with van der Waals surface area (Å²) in [6.07, 6.45) is 5.55. The number of piperidine rings is 2. The number of rotatable bonds is 5. The number of hydrogen-bond donors (Lipinski definition) is 1. The number of carbonyl (C=O) groups excluding carboxylic acids is 1. The molecular formula is C23H29N3O3. The number of likely N-dealkylation sites (tertiary alicyclic amines) is 1. The standard InChI is InChI=1S/C23H29N3O3/c1-16-6-5-13-26(15-16)23(29)18-9-7-17(8-10-18)14-24-19-20(22(28)21(19)27)25-11-3-2-4-12-25/h7-10,16,24H,2-6,11-15H2,1H3/t16-/m1/s1. The topological polar surface area (TPSA) is 69.7 Å². The van der Waals surface area contributed by atoms with Gasteiger partial charge in [-0.05, 0) is 55.7 Å². The van der Waals surface area contributed by atoms with Gasteiger partial charge in [-0.25, -0.2) is 0 Å². The second-order valence-electron chi connectivity index (χ2n) is 8.48. The first-order valence-corrected chi connectivity index (χ1v) is 10.7. The molecule has 0 unspecified atom stereocenters. The molecule has 2 aromatic rings. The van der Waals surface area contributed by atoms with Crippen LogP contribution >= 0.6 is 0 Å². The number of benzene rings is 1. The van der Waals surface area contributed by atoms with Crippen LogP contribution in [0.5, 0.6) is 0 Å². The van der Waals surface area contributed by atoms with Gasteiger partial charge in [0.05, 0.1) is 0 Å². The van der Waals surface area contributed by atoms with Crippen molar-refractivity contribution in [1.82, 2.24) is 4.90 Å². The average Bonchev–Trinajstić information content (AvgIpc) is 2.76. The van der Waals surface area contributed by atoms with Crippen LogP contribution in [0.4, 0.5) is 11.4 Å². The highest BCUT2D eigenvalue weighted by molar-refractivity contribution is 5.94. The molecule has 154 valence electrons. The maximum absolute atomic E-state index is 12.7. The van der Waals surface area contributed by atoms with Crippen molar-refractivity contribution in [2.24, 2.45) is 5.92 Å².